The third-order valence-corrected chi connectivity index (χ3v) is 3.62. The van der Waals surface area contributed by atoms with Crippen LogP contribution < -0.4 is 5.73 Å². The largest absolute Gasteiger partial charge is 0.469 e. The van der Waals surface area contributed by atoms with Crippen molar-refractivity contribution in [2.75, 3.05) is 25.9 Å². The molecule has 0 aliphatic carbocycles. The highest BCUT2D eigenvalue weighted by Gasteiger charge is 2.32. The Kier molecular flexibility index (Phi) is 3.74. The van der Waals surface area contributed by atoms with Crippen LogP contribution in [0, 0.1) is 12.8 Å². The van der Waals surface area contributed by atoms with Crippen LogP contribution in [0.3, 0.4) is 0 Å². The van der Waals surface area contributed by atoms with Gasteiger partial charge in [-0.3, -0.25) is 9.59 Å². The van der Waals surface area contributed by atoms with E-state index in [0.29, 0.717) is 30.8 Å². The van der Waals surface area contributed by atoms with Crippen molar-refractivity contribution in [1.29, 1.82) is 0 Å². The average Bonchev–Trinajstić information content (AvgIpc) is 2.90. The highest BCUT2D eigenvalue weighted by atomic mass is 16.5. The summed E-state index contributed by atoms with van der Waals surface area (Å²) in [6, 6.07) is 5.30. The van der Waals surface area contributed by atoms with E-state index in [9.17, 15) is 9.59 Å². The number of benzene rings is 1. The molecule has 19 heavy (non-hydrogen) atoms. The van der Waals surface area contributed by atoms with Gasteiger partial charge in [-0.2, -0.15) is 0 Å². The lowest BCUT2D eigenvalue weighted by atomic mass is 10.1. The van der Waals surface area contributed by atoms with E-state index in [1.807, 2.05) is 6.92 Å². The summed E-state index contributed by atoms with van der Waals surface area (Å²) < 4.78 is 4.71. The van der Waals surface area contributed by atoms with Crippen molar-refractivity contribution >= 4 is 17.6 Å². The van der Waals surface area contributed by atoms with Gasteiger partial charge in [0, 0.05) is 24.3 Å². The monoisotopic (exact) mass is 262 g/mol. The van der Waals surface area contributed by atoms with Gasteiger partial charge in [-0.1, -0.05) is 6.07 Å². The minimum atomic E-state index is -0.250. The van der Waals surface area contributed by atoms with Gasteiger partial charge in [0.2, 0.25) is 0 Å². The molecule has 0 aromatic heterocycles. The molecular formula is C14H18N2O3. The molecule has 1 aliphatic rings. The van der Waals surface area contributed by atoms with Crippen molar-refractivity contribution < 1.29 is 14.3 Å². The maximum Gasteiger partial charge on any atom is 0.310 e. The molecule has 5 nitrogen and oxygen atoms in total. The molecule has 1 heterocycles. The molecule has 5 heteroatoms. The van der Waals surface area contributed by atoms with E-state index in [1.54, 1.807) is 23.1 Å². The minimum absolute atomic E-state index is 0.0730. The number of rotatable bonds is 2. The van der Waals surface area contributed by atoms with Crippen molar-refractivity contribution in [2.45, 2.75) is 13.3 Å². The molecule has 2 N–H and O–H groups in total. The van der Waals surface area contributed by atoms with Crippen LogP contribution in [0.4, 0.5) is 5.69 Å². The molecule has 1 unspecified atom stereocenters. The molecule has 1 amide bonds. The fraction of sp³-hybridized carbons (Fsp3) is 0.429. The lowest BCUT2D eigenvalue weighted by Crippen LogP contribution is -2.30. The summed E-state index contributed by atoms with van der Waals surface area (Å²) in [5.74, 6) is -0.536. The highest BCUT2D eigenvalue weighted by Crippen LogP contribution is 2.23. The molecule has 0 bridgehead atoms. The number of anilines is 1. The average molecular weight is 262 g/mol. The summed E-state index contributed by atoms with van der Waals surface area (Å²) in [6.07, 6.45) is 0.653. The Balaban J connectivity index is 2.14. The Morgan fingerprint density at radius 2 is 2.16 bits per heavy atom. The number of carbonyl (C=O) groups excluding carboxylic acids is 2. The second kappa shape index (κ2) is 5.30. The number of ether oxygens (including phenoxy) is 1. The van der Waals surface area contributed by atoms with Gasteiger partial charge in [-0.15, -0.1) is 0 Å². The highest BCUT2D eigenvalue weighted by molar-refractivity contribution is 5.97. The second-order valence-electron chi connectivity index (χ2n) is 4.78. The third kappa shape index (κ3) is 2.54. The van der Waals surface area contributed by atoms with Crippen molar-refractivity contribution in [1.82, 2.24) is 4.90 Å². The maximum atomic E-state index is 12.4. The topological polar surface area (TPSA) is 72.6 Å². The zero-order valence-corrected chi connectivity index (χ0v) is 11.2. The molecule has 1 aromatic carbocycles. The number of nitrogen functional groups attached to an aromatic ring is 1. The van der Waals surface area contributed by atoms with Gasteiger partial charge in [0.1, 0.15) is 0 Å². The molecule has 2 rings (SSSR count). The molecule has 1 fully saturated rings. The Morgan fingerprint density at radius 3 is 2.84 bits per heavy atom. The van der Waals surface area contributed by atoms with Gasteiger partial charge >= 0.3 is 5.97 Å². The summed E-state index contributed by atoms with van der Waals surface area (Å²) in [5, 5.41) is 0. The first-order valence-electron chi connectivity index (χ1n) is 6.26. The fourth-order valence-corrected chi connectivity index (χ4v) is 2.36. The van der Waals surface area contributed by atoms with Crippen LogP contribution in [0.15, 0.2) is 18.2 Å². The van der Waals surface area contributed by atoms with Gasteiger partial charge in [-0.05, 0) is 31.0 Å². The number of nitrogens with zero attached hydrogens (tertiary/aromatic N) is 1. The lowest BCUT2D eigenvalue weighted by Gasteiger charge is -2.18. The van der Waals surface area contributed by atoms with Crippen LogP contribution in [-0.4, -0.2) is 37.0 Å². The van der Waals surface area contributed by atoms with Gasteiger partial charge in [0.25, 0.3) is 5.91 Å². The van der Waals surface area contributed by atoms with Gasteiger partial charge < -0.3 is 15.4 Å². The summed E-state index contributed by atoms with van der Waals surface area (Å²) in [5.41, 5.74) is 7.80. The smallest absolute Gasteiger partial charge is 0.310 e. The Morgan fingerprint density at radius 1 is 1.42 bits per heavy atom. The molecule has 1 aliphatic heterocycles. The maximum absolute atomic E-state index is 12.4. The number of nitrogens with two attached hydrogens (primary N) is 1. The van der Waals surface area contributed by atoms with Crippen molar-refractivity contribution in [3.63, 3.8) is 0 Å². The van der Waals surface area contributed by atoms with Crippen LogP contribution in [0.25, 0.3) is 0 Å². The van der Waals surface area contributed by atoms with E-state index >= 15 is 0 Å². The first-order valence-corrected chi connectivity index (χ1v) is 6.26. The summed E-state index contributed by atoms with van der Waals surface area (Å²) in [6.45, 7) is 2.82. The van der Waals surface area contributed by atoms with Crippen molar-refractivity contribution in [2.24, 2.45) is 5.92 Å². The number of methoxy groups -OCH3 is 1. The Hall–Kier alpha value is -2.04. The second-order valence-corrected chi connectivity index (χ2v) is 4.78. The van der Waals surface area contributed by atoms with E-state index in [2.05, 4.69) is 0 Å². The van der Waals surface area contributed by atoms with E-state index in [4.69, 9.17) is 10.5 Å². The molecule has 1 saturated heterocycles. The first kappa shape index (κ1) is 13.4. The van der Waals surface area contributed by atoms with Crippen molar-refractivity contribution in [3.8, 4) is 0 Å². The predicted molar refractivity (Wildman–Crippen MR) is 71.6 cm³/mol. The SMILES string of the molecule is COC(=O)C1CCN(C(=O)c2cccc(N)c2C)C1. The zero-order chi connectivity index (χ0) is 14.0. The van der Waals surface area contributed by atoms with Crippen molar-refractivity contribution in [3.05, 3.63) is 29.3 Å². The predicted octanol–water partition coefficient (Wildman–Crippen LogP) is 1.21. The molecule has 102 valence electrons. The number of amides is 1. The van der Waals surface area contributed by atoms with Crippen LogP contribution in [0.2, 0.25) is 0 Å². The number of esters is 1. The Bertz CT molecular complexity index is 513. The standard InChI is InChI=1S/C14H18N2O3/c1-9-11(4-3-5-12(9)15)13(17)16-7-6-10(8-16)14(18)19-2/h3-5,10H,6-8,15H2,1-2H3. The van der Waals surface area contributed by atoms with Crippen LogP contribution in [0.1, 0.15) is 22.3 Å². The quantitative estimate of drug-likeness (QED) is 0.642. The van der Waals surface area contributed by atoms with Crippen LogP contribution >= 0.6 is 0 Å². The van der Waals surface area contributed by atoms with E-state index < -0.39 is 0 Å². The van der Waals surface area contributed by atoms with Gasteiger partial charge in [0.05, 0.1) is 13.0 Å². The molecule has 0 radical (unpaired) electrons. The minimum Gasteiger partial charge on any atom is -0.469 e. The molecule has 1 atom stereocenters. The number of hydrogen-bond acceptors (Lipinski definition) is 4. The zero-order valence-electron chi connectivity index (χ0n) is 11.2. The van der Waals surface area contributed by atoms with E-state index in [1.165, 1.54) is 7.11 Å². The van der Waals surface area contributed by atoms with E-state index in [-0.39, 0.29) is 17.8 Å². The number of carbonyl (C=O) groups is 2. The fourth-order valence-electron chi connectivity index (χ4n) is 2.36. The molecular weight excluding hydrogens is 244 g/mol. The normalized spacial score (nSPS) is 18.4. The van der Waals surface area contributed by atoms with Crippen LogP contribution in [0.5, 0.6) is 0 Å². The summed E-state index contributed by atoms with van der Waals surface area (Å²) in [4.78, 5) is 25.5. The summed E-state index contributed by atoms with van der Waals surface area (Å²) >= 11 is 0. The van der Waals surface area contributed by atoms with E-state index in [0.717, 1.165) is 5.56 Å². The molecule has 0 spiro atoms. The van der Waals surface area contributed by atoms with Gasteiger partial charge in [0.15, 0.2) is 0 Å². The Labute approximate surface area is 112 Å². The lowest BCUT2D eigenvalue weighted by molar-refractivity contribution is -0.144. The summed E-state index contributed by atoms with van der Waals surface area (Å²) in [7, 11) is 1.37. The molecule has 0 saturated carbocycles. The number of hydrogen-bond donors (Lipinski definition) is 1. The molecule has 1 aromatic rings. The first-order chi connectivity index (χ1) is 9.04. The van der Waals surface area contributed by atoms with Crippen LogP contribution in [-0.2, 0) is 9.53 Å². The van der Waals surface area contributed by atoms with Gasteiger partial charge in [-0.25, -0.2) is 0 Å². The third-order valence-electron chi connectivity index (χ3n) is 3.62. The number of likely N-dealkylation sites (tertiary alicyclic amines) is 1.